The molecule has 2 heterocycles. The zero-order valence-corrected chi connectivity index (χ0v) is 17.6. The third-order valence-corrected chi connectivity index (χ3v) is 5.46. The van der Waals surface area contributed by atoms with Crippen LogP contribution in [0.2, 0.25) is 0 Å². The van der Waals surface area contributed by atoms with Crippen LogP contribution in [-0.2, 0) is 11.2 Å². The van der Waals surface area contributed by atoms with Gasteiger partial charge in [0.15, 0.2) is 0 Å². The van der Waals surface area contributed by atoms with E-state index < -0.39 is 0 Å². The Hall–Kier alpha value is -2.99. The van der Waals surface area contributed by atoms with Crippen molar-refractivity contribution in [1.29, 1.82) is 0 Å². The van der Waals surface area contributed by atoms with Crippen molar-refractivity contribution in [3.63, 3.8) is 0 Å². The van der Waals surface area contributed by atoms with Gasteiger partial charge in [-0.05, 0) is 77.3 Å². The molecule has 0 bridgehead atoms. The Bertz CT molecular complexity index is 1230. The largest absolute Gasteiger partial charge is 0.325 e. The molecule has 4 nitrogen and oxygen atoms in total. The van der Waals surface area contributed by atoms with Crippen LogP contribution in [-0.4, -0.2) is 15.3 Å². The maximum atomic E-state index is 13.8. The van der Waals surface area contributed by atoms with Gasteiger partial charge in [-0.15, -0.1) is 0 Å². The number of rotatable bonds is 4. The number of benzene rings is 2. The number of carbonyl (C=O) groups is 1. The molecular weight excluding hydrogens is 433 g/mol. The lowest BCUT2D eigenvalue weighted by Gasteiger charge is -2.09. The van der Waals surface area contributed by atoms with E-state index in [2.05, 4.69) is 21.2 Å². The second-order valence-electron chi connectivity index (χ2n) is 7.01. The third kappa shape index (κ3) is 3.93. The zero-order chi connectivity index (χ0) is 20.5. The number of aromatic nitrogens is 2. The average molecular weight is 452 g/mol. The fourth-order valence-corrected chi connectivity index (χ4v) is 3.68. The molecule has 1 N–H and O–H groups in total. The van der Waals surface area contributed by atoms with E-state index >= 15 is 0 Å². The van der Waals surface area contributed by atoms with Crippen LogP contribution in [0.3, 0.4) is 0 Å². The number of halogens is 2. The first-order valence-electron chi connectivity index (χ1n) is 9.21. The van der Waals surface area contributed by atoms with Crippen molar-refractivity contribution in [2.24, 2.45) is 0 Å². The molecule has 4 rings (SSSR count). The maximum Gasteiger partial charge on any atom is 0.230 e. The monoisotopic (exact) mass is 451 g/mol. The van der Waals surface area contributed by atoms with Crippen LogP contribution in [0.25, 0.3) is 16.9 Å². The van der Waals surface area contributed by atoms with Gasteiger partial charge in [-0.3, -0.25) is 4.79 Å². The van der Waals surface area contributed by atoms with Gasteiger partial charge in [-0.25, -0.2) is 9.37 Å². The van der Waals surface area contributed by atoms with E-state index in [1.54, 1.807) is 19.1 Å². The molecule has 0 saturated heterocycles. The molecule has 0 aliphatic rings. The molecule has 2 aromatic carbocycles. The number of imidazole rings is 1. The Labute approximate surface area is 176 Å². The zero-order valence-electron chi connectivity index (χ0n) is 16.0. The second kappa shape index (κ2) is 7.79. The molecule has 146 valence electrons. The number of nitrogens with zero attached hydrogens (tertiary/aromatic N) is 2. The Morgan fingerprint density at radius 1 is 1.14 bits per heavy atom. The van der Waals surface area contributed by atoms with Crippen molar-refractivity contribution in [2.45, 2.75) is 20.3 Å². The van der Waals surface area contributed by atoms with Crippen LogP contribution in [0.4, 0.5) is 10.1 Å². The quantitative estimate of drug-likeness (QED) is 0.432. The van der Waals surface area contributed by atoms with Crippen molar-refractivity contribution < 1.29 is 9.18 Å². The normalized spacial score (nSPS) is 11.0. The number of fused-ring (bicyclic) bond motifs is 1. The highest BCUT2D eigenvalue weighted by molar-refractivity contribution is 9.10. The minimum absolute atomic E-state index is 0.137. The van der Waals surface area contributed by atoms with E-state index in [-0.39, 0.29) is 18.1 Å². The van der Waals surface area contributed by atoms with E-state index in [1.165, 1.54) is 6.07 Å². The summed E-state index contributed by atoms with van der Waals surface area (Å²) in [4.78, 5) is 17.6. The van der Waals surface area contributed by atoms with Gasteiger partial charge >= 0.3 is 0 Å². The summed E-state index contributed by atoms with van der Waals surface area (Å²) in [6.07, 6.45) is 2.10. The summed E-state index contributed by atoms with van der Waals surface area (Å²) < 4.78 is 16.5. The van der Waals surface area contributed by atoms with Crippen LogP contribution in [0, 0.1) is 19.7 Å². The molecule has 0 saturated carbocycles. The fraction of sp³-hybridized carbons (Fsp3) is 0.130. The number of anilines is 1. The minimum Gasteiger partial charge on any atom is -0.325 e. The first kappa shape index (κ1) is 19.3. The van der Waals surface area contributed by atoms with Crippen molar-refractivity contribution in [3.8, 4) is 11.3 Å². The van der Waals surface area contributed by atoms with E-state index in [1.807, 2.05) is 53.9 Å². The minimum atomic E-state index is -0.262. The van der Waals surface area contributed by atoms with Gasteiger partial charge in [0.05, 0.1) is 23.5 Å². The lowest BCUT2D eigenvalue weighted by atomic mass is 10.1. The molecule has 0 aliphatic heterocycles. The summed E-state index contributed by atoms with van der Waals surface area (Å²) in [5.74, 6) is -0.415. The highest BCUT2D eigenvalue weighted by Crippen LogP contribution is 2.28. The lowest BCUT2D eigenvalue weighted by molar-refractivity contribution is -0.115. The topological polar surface area (TPSA) is 46.4 Å². The SMILES string of the molecule is Cc1ccc2nc(-c3ccc(F)c(C)c3)c(CC(=O)Nc3ccccc3Br)n2c1. The summed E-state index contributed by atoms with van der Waals surface area (Å²) >= 11 is 3.45. The predicted octanol–water partition coefficient (Wildman–Crippen LogP) is 5.70. The van der Waals surface area contributed by atoms with Crippen molar-refractivity contribution in [3.05, 3.63) is 87.9 Å². The van der Waals surface area contributed by atoms with Crippen LogP contribution < -0.4 is 5.32 Å². The highest BCUT2D eigenvalue weighted by Gasteiger charge is 2.18. The Morgan fingerprint density at radius 2 is 1.93 bits per heavy atom. The van der Waals surface area contributed by atoms with E-state index in [0.717, 1.165) is 26.9 Å². The first-order chi connectivity index (χ1) is 13.9. The van der Waals surface area contributed by atoms with Gasteiger partial charge in [0.2, 0.25) is 5.91 Å². The Kier molecular flexibility index (Phi) is 5.20. The Morgan fingerprint density at radius 3 is 2.69 bits per heavy atom. The molecule has 2 aromatic heterocycles. The molecule has 4 aromatic rings. The van der Waals surface area contributed by atoms with Gasteiger partial charge in [-0.2, -0.15) is 0 Å². The van der Waals surface area contributed by atoms with Crippen LogP contribution in [0.15, 0.2) is 65.3 Å². The van der Waals surface area contributed by atoms with E-state index in [0.29, 0.717) is 16.9 Å². The molecule has 0 radical (unpaired) electrons. The summed E-state index contributed by atoms with van der Waals surface area (Å²) in [6.45, 7) is 3.71. The standard InChI is InChI=1S/C23H19BrFN3O/c1-14-7-10-21-27-23(16-8-9-18(25)15(2)11-16)20(28(21)13-14)12-22(29)26-19-6-4-3-5-17(19)24/h3-11,13H,12H2,1-2H3,(H,26,29). The molecule has 0 aliphatic carbocycles. The number of aryl methyl sites for hydroxylation is 2. The second-order valence-corrected chi connectivity index (χ2v) is 7.86. The molecular formula is C23H19BrFN3O. The molecule has 0 fully saturated rings. The molecule has 0 unspecified atom stereocenters. The number of pyridine rings is 1. The van der Waals surface area contributed by atoms with Gasteiger partial charge in [0.1, 0.15) is 11.5 Å². The number of carbonyl (C=O) groups excluding carboxylic acids is 1. The van der Waals surface area contributed by atoms with Gasteiger partial charge in [0.25, 0.3) is 0 Å². The first-order valence-corrected chi connectivity index (χ1v) is 10.00. The molecule has 0 spiro atoms. The van der Waals surface area contributed by atoms with Crippen molar-refractivity contribution in [2.75, 3.05) is 5.32 Å². The summed E-state index contributed by atoms with van der Waals surface area (Å²) in [6, 6.07) is 16.3. The Balaban J connectivity index is 1.77. The van der Waals surface area contributed by atoms with Gasteiger partial charge in [0, 0.05) is 16.2 Å². The molecule has 0 atom stereocenters. The number of hydrogen-bond acceptors (Lipinski definition) is 2. The average Bonchev–Trinajstić information content (AvgIpc) is 3.03. The predicted molar refractivity (Wildman–Crippen MR) is 117 cm³/mol. The molecule has 6 heteroatoms. The summed E-state index contributed by atoms with van der Waals surface area (Å²) in [5, 5.41) is 2.94. The maximum absolute atomic E-state index is 13.8. The highest BCUT2D eigenvalue weighted by atomic mass is 79.9. The van der Waals surface area contributed by atoms with Crippen LogP contribution >= 0.6 is 15.9 Å². The lowest BCUT2D eigenvalue weighted by Crippen LogP contribution is -2.16. The number of amides is 1. The molecule has 29 heavy (non-hydrogen) atoms. The molecule has 1 amide bonds. The number of nitrogens with one attached hydrogen (secondary N) is 1. The van der Waals surface area contributed by atoms with E-state index in [9.17, 15) is 9.18 Å². The van der Waals surface area contributed by atoms with Gasteiger partial charge < -0.3 is 9.72 Å². The van der Waals surface area contributed by atoms with Crippen molar-refractivity contribution in [1.82, 2.24) is 9.38 Å². The van der Waals surface area contributed by atoms with Crippen LogP contribution in [0.1, 0.15) is 16.8 Å². The number of hydrogen-bond donors (Lipinski definition) is 1. The van der Waals surface area contributed by atoms with Gasteiger partial charge in [-0.1, -0.05) is 18.2 Å². The van der Waals surface area contributed by atoms with Crippen molar-refractivity contribution >= 4 is 33.2 Å². The number of para-hydroxylation sites is 1. The van der Waals surface area contributed by atoms with Crippen LogP contribution in [0.5, 0.6) is 0 Å². The van der Waals surface area contributed by atoms with E-state index in [4.69, 9.17) is 4.98 Å². The summed E-state index contributed by atoms with van der Waals surface area (Å²) in [5.41, 5.74) is 5.29. The third-order valence-electron chi connectivity index (χ3n) is 4.77. The fourth-order valence-electron chi connectivity index (χ4n) is 3.30. The summed E-state index contributed by atoms with van der Waals surface area (Å²) in [7, 11) is 0. The smallest absolute Gasteiger partial charge is 0.230 e.